The molecule has 4 nitrogen and oxygen atoms in total. The molecule has 1 aliphatic rings. The van der Waals surface area contributed by atoms with Gasteiger partial charge >= 0.3 is 6.61 Å². The fraction of sp³-hybridized carbons (Fsp3) is 0.0909. The van der Waals surface area contributed by atoms with Gasteiger partial charge in [-0.25, -0.2) is 0 Å². The summed E-state index contributed by atoms with van der Waals surface area (Å²) in [7, 11) is 0. The van der Waals surface area contributed by atoms with E-state index in [4.69, 9.17) is 0 Å². The lowest BCUT2D eigenvalue weighted by atomic mass is 10.1. The largest absolute Gasteiger partial charge is 0.434 e. The highest BCUT2D eigenvalue weighted by molar-refractivity contribution is 6.33. The first kappa shape index (κ1) is 11.3. The summed E-state index contributed by atoms with van der Waals surface area (Å²) in [6.45, 7) is -2.99. The lowest BCUT2D eigenvalue weighted by Gasteiger charge is -2.09. The summed E-state index contributed by atoms with van der Waals surface area (Å²) < 4.78 is 28.6. The van der Waals surface area contributed by atoms with E-state index in [2.05, 4.69) is 4.74 Å². The summed E-state index contributed by atoms with van der Waals surface area (Å²) in [4.78, 5) is 22.4. The standard InChI is InChI=1S/C11H7F2NO3/c12-11(13)17-8-4-2-1-3-6(8)7-5-9(15)14-10(7)16/h1-5,11H,(H,14,15,16). The zero-order valence-electron chi connectivity index (χ0n) is 8.44. The molecule has 0 unspecified atom stereocenters. The molecule has 1 aromatic rings. The second kappa shape index (κ2) is 4.32. The van der Waals surface area contributed by atoms with Gasteiger partial charge in [-0.2, -0.15) is 8.78 Å². The minimum Gasteiger partial charge on any atom is -0.434 e. The minimum absolute atomic E-state index is 0.0197. The summed E-state index contributed by atoms with van der Waals surface area (Å²) >= 11 is 0. The number of para-hydroxylation sites is 1. The highest BCUT2D eigenvalue weighted by Gasteiger charge is 2.25. The minimum atomic E-state index is -2.99. The van der Waals surface area contributed by atoms with Gasteiger partial charge in [0.05, 0.1) is 5.57 Å². The Labute approximate surface area is 94.9 Å². The maximum Gasteiger partial charge on any atom is 0.387 e. The van der Waals surface area contributed by atoms with Crippen LogP contribution in [0.3, 0.4) is 0 Å². The Morgan fingerprint density at radius 2 is 1.88 bits per heavy atom. The van der Waals surface area contributed by atoms with Gasteiger partial charge in [-0.15, -0.1) is 0 Å². The number of benzene rings is 1. The molecule has 0 fully saturated rings. The molecule has 0 aromatic heterocycles. The SMILES string of the molecule is O=C1C=C(c2ccccc2OC(F)F)C(=O)N1. The Morgan fingerprint density at radius 1 is 1.18 bits per heavy atom. The Morgan fingerprint density at radius 3 is 2.47 bits per heavy atom. The number of rotatable bonds is 3. The van der Waals surface area contributed by atoms with Crippen LogP contribution >= 0.6 is 0 Å². The van der Waals surface area contributed by atoms with Crippen molar-refractivity contribution in [3.63, 3.8) is 0 Å². The molecule has 0 radical (unpaired) electrons. The molecule has 17 heavy (non-hydrogen) atoms. The van der Waals surface area contributed by atoms with Crippen LogP contribution in [0.4, 0.5) is 8.78 Å². The first-order valence-electron chi connectivity index (χ1n) is 4.69. The van der Waals surface area contributed by atoms with E-state index in [9.17, 15) is 18.4 Å². The molecule has 2 amide bonds. The Bertz CT molecular complexity index is 511. The quantitative estimate of drug-likeness (QED) is 0.809. The third kappa shape index (κ3) is 2.30. The number of carbonyl (C=O) groups is 2. The van der Waals surface area contributed by atoms with Crippen molar-refractivity contribution in [1.29, 1.82) is 0 Å². The van der Waals surface area contributed by atoms with Crippen LogP contribution in [0.5, 0.6) is 5.75 Å². The van der Waals surface area contributed by atoms with Crippen LogP contribution in [0.1, 0.15) is 5.56 Å². The third-order valence-electron chi connectivity index (χ3n) is 2.15. The second-order valence-electron chi connectivity index (χ2n) is 3.25. The maximum absolute atomic E-state index is 12.2. The fourth-order valence-corrected chi connectivity index (χ4v) is 1.50. The molecule has 88 valence electrons. The van der Waals surface area contributed by atoms with Crippen LogP contribution in [-0.2, 0) is 9.59 Å². The number of halogens is 2. The molecular weight excluding hydrogens is 232 g/mol. The molecule has 0 saturated heterocycles. The molecule has 6 heteroatoms. The van der Waals surface area contributed by atoms with Crippen LogP contribution in [0.25, 0.3) is 5.57 Å². The van der Waals surface area contributed by atoms with Gasteiger partial charge in [0.2, 0.25) is 0 Å². The smallest absolute Gasteiger partial charge is 0.387 e. The van der Waals surface area contributed by atoms with Gasteiger partial charge in [0.25, 0.3) is 11.8 Å². The van der Waals surface area contributed by atoms with E-state index >= 15 is 0 Å². The normalized spacial score (nSPS) is 14.9. The predicted octanol–water partition coefficient (Wildman–Crippen LogP) is 1.33. The molecule has 0 aliphatic carbocycles. The first-order valence-corrected chi connectivity index (χ1v) is 4.69. The van der Waals surface area contributed by atoms with Gasteiger partial charge in [0, 0.05) is 11.6 Å². The number of hydrogen-bond donors (Lipinski definition) is 1. The number of hydrogen-bond acceptors (Lipinski definition) is 3. The average molecular weight is 239 g/mol. The van der Waals surface area contributed by atoms with Crippen LogP contribution in [0, 0.1) is 0 Å². The molecule has 0 atom stereocenters. The first-order chi connectivity index (χ1) is 8.08. The van der Waals surface area contributed by atoms with E-state index < -0.39 is 18.4 Å². The van der Waals surface area contributed by atoms with Gasteiger partial charge in [-0.1, -0.05) is 18.2 Å². The number of imide groups is 1. The zero-order valence-corrected chi connectivity index (χ0v) is 8.44. The topological polar surface area (TPSA) is 55.4 Å². The lowest BCUT2D eigenvalue weighted by Crippen LogP contribution is -2.22. The number of ether oxygens (including phenoxy) is 1. The molecule has 1 N–H and O–H groups in total. The Kier molecular flexibility index (Phi) is 2.86. The average Bonchev–Trinajstić information content (AvgIpc) is 2.58. The zero-order chi connectivity index (χ0) is 12.4. The van der Waals surface area contributed by atoms with Crippen molar-refractivity contribution in [3.05, 3.63) is 35.9 Å². The molecule has 0 spiro atoms. The van der Waals surface area contributed by atoms with Crippen molar-refractivity contribution in [1.82, 2.24) is 5.32 Å². The molecule has 0 saturated carbocycles. The summed E-state index contributed by atoms with van der Waals surface area (Å²) in [5.74, 6) is -1.34. The second-order valence-corrected chi connectivity index (χ2v) is 3.25. The number of nitrogens with one attached hydrogen (secondary N) is 1. The molecule has 1 aromatic carbocycles. The Balaban J connectivity index is 2.42. The van der Waals surface area contributed by atoms with Gasteiger partial charge in [-0.3, -0.25) is 14.9 Å². The summed E-state index contributed by atoms with van der Waals surface area (Å²) in [6.07, 6.45) is 1.05. The predicted molar refractivity (Wildman–Crippen MR) is 54.2 cm³/mol. The van der Waals surface area contributed by atoms with E-state index in [-0.39, 0.29) is 16.9 Å². The molecule has 1 aliphatic heterocycles. The lowest BCUT2D eigenvalue weighted by molar-refractivity contribution is -0.123. The fourth-order valence-electron chi connectivity index (χ4n) is 1.50. The molecule has 1 heterocycles. The van der Waals surface area contributed by atoms with Crippen molar-refractivity contribution in [3.8, 4) is 5.75 Å². The number of amides is 2. The van der Waals surface area contributed by atoms with E-state index in [0.717, 1.165) is 6.08 Å². The highest BCUT2D eigenvalue weighted by Crippen LogP contribution is 2.28. The van der Waals surface area contributed by atoms with Crippen molar-refractivity contribution >= 4 is 17.4 Å². The molecule has 2 rings (SSSR count). The monoisotopic (exact) mass is 239 g/mol. The highest BCUT2D eigenvalue weighted by atomic mass is 19.3. The van der Waals surface area contributed by atoms with Gasteiger partial charge in [0.15, 0.2) is 0 Å². The van der Waals surface area contributed by atoms with E-state index in [1.807, 2.05) is 5.32 Å². The Hall–Kier alpha value is -2.24. The summed E-state index contributed by atoms with van der Waals surface area (Å²) in [6, 6.07) is 5.79. The molecule has 0 bridgehead atoms. The van der Waals surface area contributed by atoms with E-state index in [1.54, 1.807) is 6.07 Å². The van der Waals surface area contributed by atoms with Crippen LogP contribution < -0.4 is 10.1 Å². The van der Waals surface area contributed by atoms with Gasteiger partial charge in [-0.05, 0) is 6.07 Å². The van der Waals surface area contributed by atoms with Crippen molar-refractivity contribution in [2.45, 2.75) is 6.61 Å². The van der Waals surface area contributed by atoms with E-state index in [1.165, 1.54) is 18.2 Å². The van der Waals surface area contributed by atoms with Gasteiger partial charge in [0.1, 0.15) is 5.75 Å². The summed E-state index contributed by atoms with van der Waals surface area (Å²) in [5, 5.41) is 2.03. The maximum atomic E-state index is 12.2. The number of carbonyl (C=O) groups excluding carboxylic acids is 2. The van der Waals surface area contributed by atoms with E-state index in [0.29, 0.717) is 0 Å². The van der Waals surface area contributed by atoms with Crippen molar-refractivity contribution < 1.29 is 23.1 Å². The van der Waals surface area contributed by atoms with Crippen molar-refractivity contribution in [2.24, 2.45) is 0 Å². The van der Waals surface area contributed by atoms with Gasteiger partial charge < -0.3 is 4.74 Å². The van der Waals surface area contributed by atoms with Crippen LogP contribution in [-0.4, -0.2) is 18.4 Å². The van der Waals surface area contributed by atoms with Crippen molar-refractivity contribution in [2.75, 3.05) is 0 Å². The van der Waals surface area contributed by atoms with Crippen LogP contribution in [0.2, 0.25) is 0 Å². The van der Waals surface area contributed by atoms with Crippen LogP contribution in [0.15, 0.2) is 30.3 Å². The molecular formula is C11H7F2NO3. The third-order valence-corrected chi connectivity index (χ3v) is 2.15. The summed E-state index contributed by atoms with van der Waals surface area (Å²) in [5.41, 5.74) is 0.183. The number of alkyl halides is 2.